The highest BCUT2D eigenvalue weighted by Crippen LogP contribution is 2.39. The number of nitrogens with one attached hydrogen (secondary N) is 1. The molecule has 0 aromatic heterocycles. The number of likely N-dealkylation sites (N-methyl/N-ethyl adjacent to an activating group) is 2. The van der Waals surface area contributed by atoms with Crippen LogP contribution in [0.25, 0.3) is 0 Å². The van der Waals surface area contributed by atoms with Crippen LogP contribution in [0.5, 0.6) is 0 Å². The Morgan fingerprint density at radius 3 is 2.29 bits per heavy atom. The molecule has 1 N–H and O–H groups in total. The van der Waals surface area contributed by atoms with Gasteiger partial charge in [0.25, 0.3) is 0 Å². The predicted molar refractivity (Wildman–Crippen MR) is 57.9 cm³/mol. The Balaban J connectivity index is 2.63. The summed E-state index contributed by atoms with van der Waals surface area (Å²) in [6.07, 6.45) is 2.41. The summed E-state index contributed by atoms with van der Waals surface area (Å²) in [5.74, 6) is 0.568. The highest BCUT2D eigenvalue weighted by Gasteiger charge is 2.45. The SMILES string of the molecule is CCN(CC)CC(C#N)(NC)C1CC1. The van der Waals surface area contributed by atoms with Crippen LogP contribution in [0.1, 0.15) is 26.7 Å². The second kappa shape index (κ2) is 4.77. The Labute approximate surface area is 87.1 Å². The maximum Gasteiger partial charge on any atom is 0.122 e. The van der Waals surface area contributed by atoms with Crippen LogP contribution in [0.2, 0.25) is 0 Å². The smallest absolute Gasteiger partial charge is 0.122 e. The van der Waals surface area contributed by atoms with Gasteiger partial charge in [-0.3, -0.25) is 0 Å². The number of nitrogens with zero attached hydrogens (tertiary/aromatic N) is 2. The molecule has 1 rings (SSSR count). The summed E-state index contributed by atoms with van der Waals surface area (Å²) in [5.41, 5.74) is -0.300. The molecule has 80 valence electrons. The van der Waals surface area contributed by atoms with Crippen molar-refractivity contribution in [3.05, 3.63) is 0 Å². The van der Waals surface area contributed by atoms with E-state index in [0.29, 0.717) is 5.92 Å². The van der Waals surface area contributed by atoms with Crippen LogP contribution < -0.4 is 5.32 Å². The molecule has 0 aliphatic heterocycles. The topological polar surface area (TPSA) is 39.1 Å². The van der Waals surface area contributed by atoms with Crippen LogP contribution >= 0.6 is 0 Å². The van der Waals surface area contributed by atoms with Crippen molar-refractivity contribution in [2.45, 2.75) is 32.2 Å². The highest BCUT2D eigenvalue weighted by atomic mass is 15.2. The third-order valence-corrected chi connectivity index (χ3v) is 3.29. The summed E-state index contributed by atoms with van der Waals surface area (Å²) in [6.45, 7) is 7.20. The van der Waals surface area contributed by atoms with Crippen LogP contribution in [0.3, 0.4) is 0 Å². The summed E-state index contributed by atoms with van der Waals surface area (Å²) in [7, 11) is 1.91. The van der Waals surface area contributed by atoms with Gasteiger partial charge in [-0.05, 0) is 38.9 Å². The zero-order chi connectivity index (χ0) is 10.6. The van der Waals surface area contributed by atoms with Crippen molar-refractivity contribution >= 4 is 0 Å². The lowest BCUT2D eigenvalue weighted by molar-refractivity contribution is 0.218. The van der Waals surface area contributed by atoms with Crippen molar-refractivity contribution in [1.82, 2.24) is 10.2 Å². The fourth-order valence-electron chi connectivity index (χ4n) is 1.97. The van der Waals surface area contributed by atoms with Gasteiger partial charge in [0, 0.05) is 6.54 Å². The van der Waals surface area contributed by atoms with Crippen LogP contribution in [-0.2, 0) is 0 Å². The first-order chi connectivity index (χ1) is 6.72. The maximum absolute atomic E-state index is 9.29. The molecule has 0 heterocycles. The van der Waals surface area contributed by atoms with Gasteiger partial charge < -0.3 is 10.2 Å². The molecule has 3 heteroatoms. The van der Waals surface area contributed by atoms with Gasteiger partial charge in [0.1, 0.15) is 5.54 Å². The first-order valence-corrected chi connectivity index (χ1v) is 5.55. The summed E-state index contributed by atoms with van der Waals surface area (Å²) in [6, 6.07) is 2.47. The molecule has 0 aromatic rings. The lowest BCUT2D eigenvalue weighted by atomic mass is 9.94. The first kappa shape index (κ1) is 11.5. The molecule has 3 nitrogen and oxygen atoms in total. The molecule has 1 saturated carbocycles. The largest absolute Gasteiger partial charge is 0.301 e. The van der Waals surface area contributed by atoms with Crippen molar-refractivity contribution in [3.8, 4) is 6.07 Å². The molecule has 0 radical (unpaired) electrons. The molecule has 1 unspecified atom stereocenters. The van der Waals surface area contributed by atoms with E-state index in [2.05, 4.69) is 30.1 Å². The van der Waals surface area contributed by atoms with Crippen LogP contribution in [0, 0.1) is 17.2 Å². The Hall–Kier alpha value is -0.590. The quantitative estimate of drug-likeness (QED) is 0.692. The first-order valence-electron chi connectivity index (χ1n) is 5.55. The third kappa shape index (κ3) is 2.26. The third-order valence-electron chi connectivity index (χ3n) is 3.29. The summed E-state index contributed by atoms with van der Waals surface area (Å²) < 4.78 is 0. The van der Waals surface area contributed by atoms with E-state index in [-0.39, 0.29) is 5.54 Å². The zero-order valence-corrected chi connectivity index (χ0v) is 9.51. The lowest BCUT2D eigenvalue weighted by Crippen LogP contribution is -2.52. The van der Waals surface area contributed by atoms with Gasteiger partial charge in [0.15, 0.2) is 0 Å². The Morgan fingerprint density at radius 1 is 1.43 bits per heavy atom. The fraction of sp³-hybridized carbons (Fsp3) is 0.909. The van der Waals surface area contributed by atoms with E-state index >= 15 is 0 Å². The summed E-state index contributed by atoms with van der Waals surface area (Å²) in [4.78, 5) is 2.32. The summed E-state index contributed by atoms with van der Waals surface area (Å²) in [5, 5.41) is 12.5. The van der Waals surface area contributed by atoms with E-state index in [0.717, 1.165) is 19.6 Å². The average Bonchev–Trinajstić information content (AvgIpc) is 3.05. The molecular formula is C11H21N3. The second-order valence-electron chi connectivity index (χ2n) is 4.07. The molecule has 0 aromatic carbocycles. The van der Waals surface area contributed by atoms with Gasteiger partial charge in [0.2, 0.25) is 0 Å². The van der Waals surface area contributed by atoms with Gasteiger partial charge in [-0.25, -0.2) is 0 Å². The van der Waals surface area contributed by atoms with Gasteiger partial charge in [0.05, 0.1) is 6.07 Å². The van der Waals surface area contributed by atoms with E-state index in [9.17, 15) is 5.26 Å². The molecular weight excluding hydrogens is 174 g/mol. The maximum atomic E-state index is 9.29. The van der Waals surface area contributed by atoms with Crippen molar-refractivity contribution in [2.24, 2.45) is 5.92 Å². The number of rotatable bonds is 6. The van der Waals surface area contributed by atoms with Crippen LogP contribution in [-0.4, -0.2) is 37.1 Å². The number of nitriles is 1. The van der Waals surface area contributed by atoms with Gasteiger partial charge in [-0.1, -0.05) is 13.8 Å². The van der Waals surface area contributed by atoms with Gasteiger partial charge in [-0.15, -0.1) is 0 Å². The molecule has 1 atom stereocenters. The van der Waals surface area contributed by atoms with E-state index in [1.807, 2.05) is 7.05 Å². The molecule has 1 fully saturated rings. The van der Waals surface area contributed by atoms with Crippen molar-refractivity contribution in [1.29, 1.82) is 5.26 Å². The van der Waals surface area contributed by atoms with Gasteiger partial charge in [-0.2, -0.15) is 5.26 Å². The minimum absolute atomic E-state index is 0.300. The van der Waals surface area contributed by atoms with E-state index in [1.165, 1.54) is 12.8 Å². The van der Waals surface area contributed by atoms with Gasteiger partial charge >= 0.3 is 0 Å². The molecule has 0 saturated heterocycles. The second-order valence-corrected chi connectivity index (χ2v) is 4.07. The molecule has 1 aliphatic carbocycles. The minimum Gasteiger partial charge on any atom is -0.301 e. The average molecular weight is 195 g/mol. The van der Waals surface area contributed by atoms with E-state index in [1.54, 1.807) is 0 Å². The van der Waals surface area contributed by atoms with E-state index in [4.69, 9.17) is 0 Å². The zero-order valence-electron chi connectivity index (χ0n) is 9.51. The predicted octanol–water partition coefficient (Wildman–Crippen LogP) is 1.22. The monoisotopic (exact) mass is 195 g/mol. The molecule has 0 spiro atoms. The molecule has 14 heavy (non-hydrogen) atoms. The fourth-order valence-corrected chi connectivity index (χ4v) is 1.97. The summed E-state index contributed by atoms with van der Waals surface area (Å²) >= 11 is 0. The van der Waals surface area contributed by atoms with E-state index < -0.39 is 0 Å². The van der Waals surface area contributed by atoms with Crippen molar-refractivity contribution in [2.75, 3.05) is 26.7 Å². The van der Waals surface area contributed by atoms with Crippen molar-refractivity contribution < 1.29 is 0 Å². The highest BCUT2D eigenvalue weighted by molar-refractivity contribution is 5.16. The Bertz CT molecular complexity index is 213. The van der Waals surface area contributed by atoms with Crippen LogP contribution in [0.15, 0.2) is 0 Å². The normalized spacial score (nSPS) is 20.5. The molecule has 0 bridgehead atoms. The molecule has 0 amide bonds. The lowest BCUT2D eigenvalue weighted by Gasteiger charge is -2.32. The number of hydrogen-bond acceptors (Lipinski definition) is 3. The number of hydrogen-bond donors (Lipinski definition) is 1. The standard InChI is InChI=1S/C11H21N3/c1-4-14(5-2)9-11(8-12,13-3)10-6-7-10/h10,13H,4-7,9H2,1-3H3. The van der Waals surface area contributed by atoms with Crippen molar-refractivity contribution in [3.63, 3.8) is 0 Å². The Kier molecular flexibility index (Phi) is 3.91. The Morgan fingerprint density at radius 2 is 2.00 bits per heavy atom. The molecule has 1 aliphatic rings. The van der Waals surface area contributed by atoms with Crippen LogP contribution in [0.4, 0.5) is 0 Å². The minimum atomic E-state index is -0.300.